The molecule has 0 atom stereocenters. The van der Waals surface area contributed by atoms with Gasteiger partial charge in [-0.15, -0.1) is 0 Å². The number of anilines is 1. The lowest BCUT2D eigenvalue weighted by Gasteiger charge is -2.22. The van der Waals surface area contributed by atoms with Crippen molar-refractivity contribution >= 4 is 33.0 Å². The van der Waals surface area contributed by atoms with Crippen molar-refractivity contribution in [2.24, 2.45) is 0 Å². The molecule has 8 heteroatoms. The van der Waals surface area contributed by atoms with Gasteiger partial charge in [0.15, 0.2) is 6.61 Å². The smallest absolute Gasteiger partial charge is 0.264 e. The lowest BCUT2D eigenvalue weighted by atomic mass is 10.2. The molecule has 0 radical (unpaired) electrons. The Balaban J connectivity index is 1.71. The molecule has 164 valence electrons. The molecule has 0 spiro atoms. The van der Waals surface area contributed by atoms with Crippen LogP contribution in [0.4, 0.5) is 5.69 Å². The number of rotatable bonds is 8. The summed E-state index contributed by atoms with van der Waals surface area (Å²) in [5.41, 5.74) is 1.44. The molecule has 32 heavy (non-hydrogen) atoms. The fourth-order valence-electron chi connectivity index (χ4n) is 3.03. The van der Waals surface area contributed by atoms with Gasteiger partial charge in [0.2, 0.25) is 9.84 Å². The molecular weight excluding hydrogens is 448 g/mol. The summed E-state index contributed by atoms with van der Waals surface area (Å²) in [4.78, 5) is 14.6. The predicted octanol–water partition coefficient (Wildman–Crippen LogP) is 4.81. The SMILES string of the molecule is Cc1cc(N(CCC#N)C(=O)COc2ccc(S(=O)(=O)c3ccccc3)cc2)ccc1Cl. The van der Waals surface area contributed by atoms with Crippen LogP contribution in [0.3, 0.4) is 0 Å². The third kappa shape index (κ3) is 5.47. The molecule has 3 rings (SSSR count). The topological polar surface area (TPSA) is 87.5 Å². The molecule has 0 aliphatic heterocycles. The van der Waals surface area contributed by atoms with E-state index in [2.05, 4.69) is 0 Å². The summed E-state index contributed by atoms with van der Waals surface area (Å²) in [7, 11) is -3.63. The van der Waals surface area contributed by atoms with Gasteiger partial charge in [-0.25, -0.2) is 8.42 Å². The maximum absolute atomic E-state index is 12.8. The van der Waals surface area contributed by atoms with E-state index in [1.54, 1.807) is 36.4 Å². The van der Waals surface area contributed by atoms with Crippen molar-refractivity contribution in [1.29, 1.82) is 5.26 Å². The molecule has 0 bridgehead atoms. The van der Waals surface area contributed by atoms with E-state index in [9.17, 15) is 13.2 Å². The number of hydrogen-bond donors (Lipinski definition) is 0. The molecule has 0 heterocycles. The molecule has 0 saturated heterocycles. The van der Waals surface area contributed by atoms with E-state index in [0.29, 0.717) is 16.5 Å². The molecule has 0 unspecified atom stereocenters. The van der Waals surface area contributed by atoms with Crippen LogP contribution in [-0.2, 0) is 14.6 Å². The number of hydrogen-bond acceptors (Lipinski definition) is 5. The third-order valence-electron chi connectivity index (χ3n) is 4.75. The maximum atomic E-state index is 12.8. The number of nitrogens with zero attached hydrogens (tertiary/aromatic N) is 2. The van der Waals surface area contributed by atoms with Gasteiger partial charge >= 0.3 is 0 Å². The molecule has 3 aromatic carbocycles. The van der Waals surface area contributed by atoms with Crippen molar-refractivity contribution in [2.45, 2.75) is 23.1 Å². The Hall–Kier alpha value is -3.34. The van der Waals surface area contributed by atoms with E-state index in [-0.39, 0.29) is 35.3 Å². The first-order valence-corrected chi connectivity index (χ1v) is 11.7. The zero-order valence-electron chi connectivity index (χ0n) is 17.4. The molecule has 6 nitrogen and oxygen atoms in total. The highest BCUT2D eigenvalue weighted by atomic mass is 35.5. The number of carbonyl (C=O) groups excluding carboxylic acids is 1. The Morgan fingerprint density at radius 2 is 1.69 bits per heavy atom. The average molecular weight is 469 g/mol. The number of amides is 1. The van der Waals surface area contributed by atoms with Crippen LogP contribution in [0, 0.1) is 18.3 Å². The zero-order chi connectivity index (χ0) is 23.1. The van der Waals surface area contributed by atoms with E-state index < -0.39 is 9.84 Å². The van der Waals surface area contributed by atoms with Gasteiger partial charge in [-0.1, -0.05) is 29.8 Å². The van der Waals surface area contributed by atoms with Gasteiger partial charge in [-0.05, 0) is 67.1 Å². The fourth-order valence-corrected chi connectivity index (χ4v) is 4.43. The van der Waals surface area contributed by atoms with Gasteiger partial charge in [0.05, 0.1) is 22.3 Å². The molecular formula is C24H21ClN2O4S. The minimum Gasteiger partial charge on any atom is -0.484 e. The van der Waals surface area contributed by atoms with Gasteiger partial charge < -0.3 is 9.64 Å². The van der Waals surface area contributed by atoms with Gasteiger partial charge in [0.25, 0.3) is 5.91 Å². The van der Waals surface area contributed by atoms with Crippen molar-refractivity contribution in [1.82, 2.24) is 0 Å². The van der Waals surface area contributed by atoms with E-state index in [0.717, 1.165) is 5.56 Å². The standard InChI is InChI=1S/C24H21ClN2O4S/c1-18-16-19(8-13-23(18)25)27(15-5-14-26)24(28)17-31-20-9-11-22(12-10-20)32(29,30)21-6-3-2-4-7-21/h2-4,6-13,16H,5,15,17H2,1H3. The molecule has 3 aromatic rings. The number of aryl methyl sites for hydroxylation is 1. The summed E-state index contributed by atoms with van der Waals surface area (Å²) in [6.07, 6.45) is 0.166. The van der Waals surface area contributed by atoms with Crippen LogP contribution in [-0.4, -0.2) is 27.5 Å². The lowest BCUT2D eigenvalue weighted by molar-refractivity contribution is -0.120. The Labute approximate surface area is 192 Å². The molecule has 0 aromatic heterocycles. The minimum atomic E-state index is -3.63. The van der Waals surface area contributed by atoms with Gasteiger partial charge in [0, 0.05) is 17.3 Å². The maximum Gasteiger partial charge on any atom is 0.264 e. The number of ether oxygens (including phenoxy) is 1. The van der Waals surface area contributed by atoms with Crippen molar-refractivity contribution in [3.05, 3.63) is 83.4 Å². The first-order valence-electron chi connectivity index (χ1n) is 9.79. The second kappa shape index (κ2) is 10.3. The van der Waals surface area contributed by atoms with Crippen molar-refractivity contribution < 1.29 is 17.9 Å². The predicted molar refractivity (Wildman–Crippen MR) is 123 cm³/mol. The second-order valence-electron chi connectivity index (χ2n) is 6.96. The molecule has 0 fully saturated rings. The van der Waals surface area contributed by atoms with Crippen LogP contribution in [0.15, 0.2) is 82.6 Å². The summed E-state index contributed by atoms with van der Waals surface area (Å²) < 4.78 is 30.9. The van der Waals surface area contributed by atoms with Crippen molar-refractivity contribution in [3.63, 3.8) is 0 Å². The zero-order valence-corrected chi connectivity index (χ0v) is 18.9. The number of nitriles is 1. The largest absolute Gasteiger partial charge is 0.484 e. The summed E-state index contributed by atoms with van der Waals surface area (Å²) in [5, 5.41) is 9.52. The molecule has 1 amide bonds. The van der Waals surface area contributed by atoms with Gasteiger partial charge in [-0.3, -0.25) is 4.79 Å². The monoisotopic (exact) mass is 468 g/mol. The van der Waals surface area contributed by atoms with E-state index >= 15 is 0 Å². The van der Waals surface area contributed by atoms with E-state index in [1.807, 2.05) is 13.0 Å². The van der Waals surface area contributed by atoms with Crippen LogP contribution in [0.1, 0.15) is 12.0 Å². The van der Waals surface area contributed by atoms with Gasteiger partial charge in [0.1, 0.15) is 5.75 Å². The molecule has 0 saturated carbocycles. The number of halogens is 1. The summed E-state index contributed by atoms with van der Waals surface area (Å²) in [6.45, 7) is 1.78. The first-order chi connectivity index (χ1) is 15.3. The third-order valence-corrected chi connectivity index (χ3v) is 6.96. The number of sulfone groups is 1. The second-order valence-corrected chi connectivity index (χ2v) is 9.32. The van der Waals surface area contributed by atoms with Gasteiger partial charge in [-0.2, -0.15) is 5.26 Å². The lowest BCUT2D eigenvalue weighted by Crippen LogP contribution is -2.35. The average Bonchev–Trinajstić information content (AvgIpc) is 2.81. The van der Waals surface area contributed by atoms with E-state index in [1.165, 1.54) is 41.3 Å². The highest BCUT2D eigenvalue weighted by Crippen LogP contribution is 2.25. The summed E-state index contributed by atoms with van der Waals surface area (Å²) in [5.74, 6) is 0.0286. The Bertz CT molecular complexity index is 1240. The Kier molecular flexibility index (Phi) is 7.52. The van der Waals surface area contributed by atoms with Crippen molar-refractivity contribution in [2.75, 3.05) is 18.1 Å². The normalized spacial score (nSPS) is 10.9. The Morgan fingerprint density at radius 1 is 1.03 bits per heavy atom. The van der Waals surface area contributed by atoms with E-state index in [4.69, 9.17) is 21.6 Å². The highest BCUT2D eigenvalue weighted by Gasteiger charge is 2.19. The molecule has 0 N–H and O–H groups in total. The fraction of sp³-hybridized carbons (Fsp3) is 0.167. The number of benzene rings is 3. The number of carbonyl (C=O) groups is 1. The minimum absolute atomic E-state index is 0.134. The highest BCUT2D eigenvalue weighted by molar-refractivity contribution is 7.91. The van der Waals surface area contributed by atoms with Crippen LogP contribution in [0.25, 0.3) is 0 Å². The van der Waals surface area contributed by atoms with Crippen LogP contribution >= 0.6 is 11.6 Å². The van der Waals surface area contributed by atoms with Crippen LogP contribution < -0.4 is 9.64 Å². The molecule has 0 aliphatic rings. The summed E-state index contributed by atoms with van der Waals surface area (Å²) in [6, 6.07) is 21.3. The quantitative estimate of drug-likeness (QED) is 0.473. The van der Waals surface area contributed by atoms with Crippen LogP contribution in [0.5, 0.6) is 5.75 Å². The molecule has 0 aliphatic carbocycles. The van der Waals surface area contributed by atoms with Crippen molar-refractivity contribution in [3.8, 4) is 11.8 Å². The first kappa shape index (κ1) is 23.3. The van der Waals surface area contributed by atoms with Crippen LogP contribution in [0.2, 0.25) is 5.02 Å². The summed E-state index contributed by atoms with van der Waals surface area (Å²) >= 11 is 6.07. The Morgan fingerprint density at radius 3 is 2.31 bits per heavy atom.